The first-order valence-corrected chi connectivity index (χ1v) is 10.00. The smallest absolute Gasteiger partial charge is 0.227 e. The summed E-state index contributed by atoms with van der Waals surface area (Å²) >= 11 is 0. The van der Waals surface area contributed by atoms with Crippen molar-refractivity contribution in [3.05, 3.63) is 41.7 Å². The summed E-state index contributed by atoms with van der Waals surface area (Å²) in [5.41, 5.74) is 2.19. The molecule has 8 nitrogen and oxygen atoms in total. The van der Waals surface area contributed by atoms with Gasteiger partial charge >= 0.3 is 0 Å². The van der Waals surface area contributed by atoms with Gasteiger partial charge in [0.1, 0.15) is 11.3 Å². The Morgan fingerprint density at radius 2 is 1.66 bits per heavy atom. The van der Waals surface area contributed by atoms with Crippen molar-refractivity contribution in [1.82, 2.24) is 19.9 Å². The molecule has 0 fully saturated rings. The molecule has 0 aliphatic heterocycles. The van der Waals surface area contributed by atoms with Crippen LogP contribution >= 0.6 is 0 Å². The Morgan fingerprint density at radius 3 is 2.24 bits per heavy atom. The van der Waals surface area contributed by atoms with Gasteiger partial charge in [0, 0.05) is 5.92 Å². The number of aliphatic hydroxyl groups excluding tert-OH is 2. The number of aromatic amines is 1. The number of nitrogens with zero attached hydrogens (tertiary/aromatic N) is 3. The predicted octanol–water partition coefficient (Wildman–Crippen LogP) is 3.05. The van der Waals surface area contributed by atoms with Crippen molar-refractivity contribution in [2.75, 3.05) is 23.8 Å². The number of imidazole rings is 1. The van der Waals surface area contributed by atoms with Crippen LogP contribution in [0.4, 0.5) is 11.8 Å². The minimum Gasteiger partial charge on any atom is -0.394 e. The molecule has 3 rings (SSSR count). The fourth-order valence-corrected chi connectivity index (χ4v) is 3.03. The Balaban J connectivity index is 2.02. The maximum Gasteiger partial charge on any atom is 0.227 e. The molecular formula is C21H30N6O2. The molecule has 1 aromatic carbocycles. The molecule has 0 spiro atoms. The highest BCUT2D eigenvalue weighted by molar-refractivity contribution is 5.84. The topological polar surface area (TPSA) is 119 Å². The molecule has 2 atom stereocenters. The molecule has 0 bridgehead atoms. The molecule has 0 aliphatic carbocycles. The van der Waals surface area contributed by atoms with Crippen LogP contribution in [0.2, 0.25) is 0 Å². The maximum absolute atomic E-state index is 9.95. The quantitative estimate of drug-likeness (QED) is 0.376. The van der Waals surface area contributed by atoms with Crippen LogP contribution in [0.3, 0.4) is 0 Å². The van der Waals surface area contributed by atoms with Gasteiger partial charge in [-0.25, -0.2) is 4.98 Å². The van der Waals surface area contributed by atoms with Crippen LogP contribution < -0.4 is 10.6 Å². The zero-order valence-electron chi connectivity index (χ0n) is 17.3. The second kappa shape index (κ2) is 9.19. The summed E-state index contributed by atoms with van der Waals surface area (Å²) in [4.78, 5) is 17.1. The third-order valence-corrected chi connectivity index (χ3v) is 4.93. The molecule has 0 radical (unpaired) electrons. The lowest BCUT2D eigenvalue weighted by molar-refractivity contribution is 0.248. The summed E-state index contributed by atoms with van der Waals surface area (Å²) in [6, 6.07) is 9.22. The zero-order chi connectivity index (χ0) is 21.0. The SMILES string of the molecule is CC(C)c1nc2nc(N[C@H](CO)C(C)C)nc(N[C@@H](CO)c3ccccc3)c2[nH]1. The van der Waals surface area contributed by atoms with Gasteiger partial charge in [0.15, 0.2) is 11.5 Å². The molecule has 8 heteroatoms. The van der Waals surface area contributed by atoms with Crippen molar-refractivity contribution in [2.24, 2.45) is 5.92 Å². The monoisotopic (exact) mass is 398 g/mol. The molecule has 5 N–H and O–H groups in total. The lowest BCUT2D eigenvalue weighted by Crippen LogP contribution is -2.30. The van der Waals surface area contributed by atoms with E-state index in [1.807, 2.05) is 44.2 Å². The van der Waals surface area contributed by atoms with Crippen molar-refractivity contribution in [3.63, 3.8) is 0 Å². The van der Waals surface area contributed by atoms with Crippen molar-refractivity contribution in [3.8, 4) is 0 Å². The van der Waals surface area contributed by atoms with E-state index in [0.717, 1.165) is 11.4 Å². The number of hydrogen-bond acceptors (Lipinski definition) is 7. The average molecular weight is 399 g/mol. The number of aromatic nitrogens is 4. The van der Waals surface area contributed by atoms with Gasteiger partial charge in [-0.1, -0.05) is 58.0 Å². The van der Waals surface area contributed by atoms with Gasteiger partial charge in [0.05, 0.1) is 25.3 Å². The van der Waals surface area contributed by atoms with E-state index in [2.05, 4.69) is 44.4 Å². The van der Waals surface area contributed by atoms with E-state index >= 15 is 0 Å². The Bertz CT molecular complexity index is 926. The molecule has 0 aliphatic rings. The van der Waals surface area contributed by atoms with E-state index in [1.54, 1.807) is 0 Å². The van der Waals surface area contributed by atoms with Crippen LogP contribution in [0, 0.1) is 5.92 Å². The number of rotatable bonds is 9. The summed E-state index contributed by atoms with van der Waals surface area (Å²) in [6.07, 6.45) is 0. The Morgan fingerprint density at radius 1 is 0.931 bits per heavy atom. The first-order valence-electron chi connectivity index (χ1n) is 10.00. The second-order valence-electron chi connectivity index (χ2n) is 7.84. The van der Waals surface area contributed by atoms with Crippen molar-refractivity contribution >= 4 is 22.9 Å². The number of fused-ring (bicyclic) bond motifs is 1. The minimum atomic E-state index is -0.327. The van der Waals surface area contributed by atoms with Crippen molar-refractivity contribution in [2.45, 2.75) is 45.7 Å². The van der Waals surface area contributed by atoms with Crippen molar-refractivity contribution < 1.29 is 10.2 Å². The fourth-order valence-electron chi connectivity index (χ4n) is 3.03. The molecule has 0 saturated carbocycles. The van der Waals surface area contributed by atoms with Gasteiger partial charge in [-0.05, 0) is 11.5 Å². The molecular weight excluding hydrogens is 368 g/mol. The Hall–Kier alpha value is -2.71. The standard InChI is InChI=1S/C21H30N6O2/c1-12(2)15(10-28)23-21-26-19(17-20(27-21)25-18(24-17)13(3)4)22-16(11-29)14-8-6-5-7-9-14/h5-9,12-13,15-16,28-29H,10-11H2,1-4H3,(H3,22,23,24,25,26,27)/t15-,16+/m1/s1. The molecule has 2 heterocycles. The van der Waals surface area contributed by atoms with E-state index in [0.29, 0.717) is 22.9 Å². The fraction of sp³-hybridized carbons (Fsp3) is 0.476. The van der Waals surface area contributed by atoms with E-state index in [-0.39, 0.29) is 37.1 Å². The van der Waals surface area contributed by atoms with Gasteiger partial charge in [0.25, 0.3) is 0 Å². The van der Waals surface area contributed by atoms with Crippen LogP contribution in [0.1, 0.15) is 51.0 Å². The Labute approximate surface area is 170 Å². The molecule has 2 aromatic heterocycles. The summed E-state index contributed by atoms with van der Waals surface area (Å²) in [5, 5.41) is 26.1. The highest BCUT2D eigenvalue weighted by Gasteiger charge is 2.20. The molecule has 156 valence electrons. The lowest BCUT2D eigenvalue weighted by Gasteiger charge is -2.21. The minimum absolute atomic E-state index is 0.0249. The summed E-state index contributed by atoms with van der Waals surface area (Å²) in [7, 11) is 0. The number of nitrogens with one attached hydrogen (secondary N) is 3. The molecule has 0 unspecified atom stereocenters. The first-order chi connectivity index (χ1) is 13.9. The lowest BCUT2D eigenvalue weighted by atomic mass is 10.1. The van der Waals surface area contributed by atoms with E-state index in [1.165, 1.54) is 0 Å². The summed E-state index contributed by atoms with van der Waals surface area (Å²) in [6.45, 7) is 8.04. The van der Waals surface area contributed by atoms with Crippen LogP contribution in [0.15, 0.2) is 30.3 Å². The van der Waals surface area contributed by atoms with E-state index in [9.17, 15) is 10.2 Å². The van der Waals surface area contributed by atoms with E-state index in [4.69, 9.17) is 0 Å². The van der Waals surface area contributed by atoms with Gasteiger partial charge in [-0.3, -0.25) is 0 Å². The average Bonchev–Trinajstić information content (AvgIpc) is 3.15. The van der Waals surface area contributed by atoms with Gasteiger partial charge in [-0.15, -0.1) is 0 Å². The summed E-state index contributed by atoms with van der Waals surface area (Å²) < 4.78 is 0. The third-order valence-electron chi connectivity index (χ3n) is 4.93. The normalized spacial score (nSPS) is 13.8. The molecule has 0 amide bonds. The Kier molecular flexibility index (Phi) is 6.66. The van der Waals surface area contributed by atoms with Crippen LogP contribution in [0.25, 0.3) is 11.2 Å². The number of aliphatic hydroxyl groups is 2. The highest BCUT2D eigenvalue weighted by Crippen LogP contribution is 2.27. The van der Waals surface area contributed by atoms with Crippen LogP contribution in [0.5, 0.6) is 0 Å². The van der Waals surface area contributed by atoms with Gasteiger partial charge < -0.3 is 25.8 Å². The number of anilines is 2. The van der Waals surface area contributed by atoms with Crippen LogP contribution in [-0.4, -0.2) is 49.4 Å². The molecule has 29 heavy (non-hydrogen) atoms. The highest BCUT2D eigenvalue weighted by atomic mass is 16.3. The van der Waals surface area contributed by atoms with Crippen molar-refractivity contribution in [1.29, 1.82) is 0 Å². The second-order valence-corrected chi connectivity index (χ2v) is 7.84. The third kappa shape index (κ3) is 4.83. The number of benzene rings is 1. The summed E-state index contributed by atoms with van der Waals surface area (Å²) in [5.74, 6) is 2.17. The maximum atomic E-state index is 9.95. The van der Waals surface area contributed by atoms with E-state index < -0.39 is 0 Å². The molecule has 0 saturated heterocycles. The van der Waals surface area contributed by atoms with Gasteiger partial charge in [-0.2, -0.15) is 9.97 Å². The first kappa shape index (κ1) is 21.0. The molecule has 3 aromatic rings. The largest absolute Gasteiger partial charge is 0.394 e. The number of hydrogen-bond donors (Lipinski definition) is 5. The number of H-pyrrole nitrogens is 1. The van der Waals surface area contributed by atoms with Crippen LogP contribution in [-0.2, 0) is 0 Å². The predicted molar refractivity (Wildman–Crippen MR) is 115 cm³/mol. The zero-order valence-corrected chi connectivity index (χ0v) is 17.3. The van der Waals surface area contributed by atoms with Gasteiger partial charge in [0.2, 0.25) is 5.95 Å².